The van der Waals surface area contributed by atoms with Crippen molar-refractivity contribution in [3.8, 4) is 5.75 Å². The number of methoxy groups -OCH3 is 1. The van der Waals surface area contributed by atoms with E-state index in [9.17, 15) is 9.59 Å². The molecule has 0 aliphatic heterocycles. The van der Waals surface area contributed by atoms with E-state index in [1.807, 2.05) is 0 Å². The smallest absolute Gasteiger partial charge is 0.335 e. The van der Waals surface area contributed by atoms with Crippen molar-refractivity contribution in [1.29, 1.82) is 0 Å². The van der Waals surface area contributed by atoms with Crippen LogP contribution >= 0.6 is 0 Å². The number of amides is 1. The van der Waals surface area contributed by atoms with Gasteiger partial charge in [0.25, 0.3) is 0 Å². The minimum absolute atomic E-state index is 0.0510. The highest BCUT2D eigenvalue weighted by molar-refractivity contribution is 5.89. The monoisotopic (exact) mass is 536 g/mol. The zero-order valence-corrected chi connectivity index (χ0v) is 21.9. The number of benzene rings is 1. The molecule has 2 rings (SSSR count). The third-order valence-electron chi connectivity index (χ3n) is 4.84. The zero-order valence-electron chi connectivity index (χ0n) is 21.9. The van der Waals surface area contributed by atoms with Gasteiger partial charge in [-0.1, -0.05) is 0 Å². The molecule has 14 heteroatoms. The van der Waals surface area contributed by atoms with E-state index in [-0.39, 0.29) is 17.4 Å². The number of ether oxygens (including phenoxy) is 5. The van der Waals surface area contributed by atoms with E-state index >= 15 is 0 Å². The number of nitrogens with one attached hydrogen (secondary N) is 3. The molecule has 38 heavy (non-hydrogen) atoms. The van der Waals surface area contributed by atoms with Crippen molar-refractivity contribution in [2.75, 3.05) is 84.2 Å². The third kappa shape index (κ3) is 12.1. The fraction of sp³-hybridized carbons (Fsp3) is 0.542. The van der Waals surface area contributed by atoms with E-state index in [4.69, 9.17) is 28.8 Å². The summed E-state index contributed by atoms with van der Waals surface area (Å²) in [7, 11) is 3.04. The van der Waals surface area contributed by atoms with Gasteiger partial charge in [-0.2, -0.15) is 15.0 Å². The van der Waals surface area contributed by atoms with Crippen LogP contribution in [0.5, 0.6) is 5.75 Å². The van der Waals surface area contributed by atoms with Crippen LogP contribution in [0.15, 0.2) is 18.2 Å². The van der Waals surface area contributed by atoms with Crippen LogP contribution in [-0.2, 0) is 23.7 Å². The van der Waals surface area contributed by atoms with Crippen LogP contribution in [0.25, 0.3) is 0 Å². The van der Waals surface area contributed by atoms with Gasteiger partial charge >= 0.3 is 5.97 Å². The molecule has 0 radical (unpaired) electrons. The lowest BCUT2D eigenvalue weighted by Gasteiger charge is -2.12. The topological polar surface area (TPSA) is 175 Å². The van der Waals surface area contributed by atoms with Crippen LogP contribution in [0.1, 0.15) is 22.6 Å². The van der Waals surface area contributed by atoms with Gasteiger partial charge in [-0.25, -0.2) is 4.79 Å². The second kappa shape index (κ2) is 17.8. The van der Waals surface area contributed by atoms with Crippen molar-refractivity contribution in [1.82, 2.24) is 20.3 Å². The lowest BCUT2D eigenvalue weighted by Crippen LogP contribution is -2.20. The number of carboxylic acid groups (broad SMARTS) is 1. The normalized spacial score (nSPS) is 10.7. The Hall–Kier alpha value is -3.59. The number of hydrogen-bond acceptors (Lipinski definition) is 12. The summed E-state index contributed by atoms with van der Waals surface area (Å²) in [6.07, 6.45) is 0.338. The number of anilines is 3. The molecule has 0 saturated heterocycles. The molecule has 0 bridgehead atoms. The molecular weight excluding hydrogens is 500 g/mol. The number of nitrogens with zero attached hydrogens (tertiary/aromatic N) is 3. The van der Waals surface area contributed by atoms with Crippen molar-refractivity contribution in [3.63, 3.8) is 0 Å². The molecule has 1 aromatic heterocycles. The first kappa shape index (κ1) is 30.6. The Kier molecular flexibility index (Phi) is 14.3. The number of rotatable bonds is 20. The Morgan fingerprint density at radius 1 is 0.868 bits per heavy atom. The van der Waals surface area contributed by atoms with Crippen LogP contribution in [0.4, 0.5) is 17.6 Å². The molecule has 14 nitrogen and oxygen atoms in total. The first-order chi connectivity index (χ1) is 18.4. The summed E-state index contributed by atoms with van der Waals surface area (Å²) < 4.78 is 26.9. The Morgan fingerprint density at radius 2 is 1.47 bits per heavy atom. The van der Waals surface area contributed by atoms with Crippen molar-refractivity contribution < 1.29 is 38.4 Å². The molecule has 0 aliphatic carbocycles. The lowest BCUT2D eigenvalue weighted by molar-refractivity contribution is -0.121. The summed E-state index contributed by atoms with van der Waals surface area (Å²) in [5.74, 6) is 0.407. The number of hydrogen-bond donors (Lipinski definition) is 4. The first-order valence-electron chi connectivity index (χ1n) is 12.1. The molecule has 1 amide bonds. The highest BCUT2D eigenvalue weighted by Crippen LogP contribution is 2.28. The maximum absolute atomic E-state index is 11.2. The van der Waals surface area contributed by atoms with Crippen LogP contribution < -0.4 is 20.7 Å². The molecule has 0 atom stereocenters. The first-order valence-corrected chi connectivity index (χ1v) is 12.1. The van der Waals surface area contributed by atoms with Crippen LogP contribution in [0, 0.1) is 6.92 Å². The van der Waals surface area contributed by atoms with E-state index < -0.39 is 5.97 Å². The molecule has 0 unspecified atom stereocenters. The summed E-state index contributed by atoms with van der Waals surface area (Å²) in [6, 6.07) is 4.46. The minimum atomic E-state index is -1.05. The molecule has 4 N–H and O–H groups in total. The van der Waals surface area contributed by atoms with Gasteiger partial charge in [0.15, 0.2) is 0 Å². The summed E-state index contributed by atoms with van der Waals surface area (Å²) in [5, 5.41) is 17.8. The zero-order chi connectivity index (χ0) is 27.6. The molecule has 0 saturated carbocycles. The van der Waals surface area contributed by atoms with Crippen molar-refractivity contribution in [2.45, 2.75) is 13.3 Å². The standard InChI is InChI=1S/C24H36N6O8/c1-17-27-23(30-24(28-17)29-19-5-4-18(22(32)33)16-20(19)34-3)26-7-9-36-11-13-38-15-14-37-12-10-35-8-6-21(31)25-2/h4-5,16H,6-15H2,1-3H3,(H,25,31)(H,32,33)(H2,26,27,28,29,30). The largest absolute Gasteiger partial charge is 0.495 e. The fourth-order valence-electron chi connectivity index (χ4n) is 2.95. The van der Waals surface area contributed by atoms with Crippen molar-refractivity contribution in [3.05, 3.63) is 29.6 Å². The average Bonchev–Trinajstić information content (AvgIpc) is 2.90. The van der Waals surface area contributed by atoms with Gasteiger partial charge in [0.05, 0.1) is 71.2 Å². The van der Waals surface area contributed by atoms with E-state index in [0.717, 1.165) is 0 Å². The van der Waals surface area contributed by atoms with Crippen LogP contribution in [0.3, 0.4) is 0 Å². The maximum atomic E-state index is 11.2. The highest BCUT2D eigenvalue weighted by Gasteiger charge is 2.11. The molecule has 1 aromatic carbocycles. The maximum Gasteiger partial charge on any atom is 0.335 e. The quantitative estimate of drug-likeness (QED) is 0.178. The number of aryl methyl sites for hydroxylation is 1. The Balaban J connectivity index is 1.58. The lowest BCUT2D eigenvalue weighted by atomic mass is 10.2. The van der Waals surface area contributed by atoms with Crippen molar-refractivity contribution in [2.24, 2.45) is 0 Å². The molecular formula is C24H36N6O8. The Bertz CT molecular complexity index is 1010. The number of carbonyl (C=O) groups excluding carboxylic acids is 1. The Labute approximate surface area is 221 Å². The highest BCUT2D eigenvalue weighted by atomic mass is 16.6. The summed E-state index contributed by atoms with van der Waals surface area (Å²) in [4.78, 5) is 35.1. The predicted octanol–water partition coefficient (Wildman–Crippen LogP) is 1.24. The van der Waals surface area contributed by atoms with Crippen molar-refractivity contribution >= 4 is 29.5 Å². The van der Waals surface area contributed by atoms with E-state index in [0.29, 0.717) is 89.0 Å². The summed E-state index contributed by atoms with van der Waals surface area (Å²) >= 11 is 0. The predicted molar refractivity (Wildman–Crippen MR) is 138 cm³/mol. The van der Waals surface area contributed by atoms with Gasteiger partial charge in [-0.05, 0) is 25.1 Å². The van der Waals surface area contributed by atoms with Gasteiger partial charge in [0.1, 0.15) is 11.6 Å². The average molecular weight is 537 g/mol. The molecule has 0 fully saturated rings. The number of aromatic nitrogens is 3. The van der Waals surface area contributed by atoms with Gasteiger partial charge in [-0.15, -0.1) is 0 Å². The fourth-order valence-corrected chi connectivity index (χ4v) is 2.95. The second-order valence-corrected chi connectivity index (χ2v) is 7.67. The number of carbonyl (C=O) groups is 2. The molecule has 0 spiro atoms. The van der Waals surface area contributed by atoms with Gasteiger partial charge in [0.2, 0.25) is 17.8 Å². The van der Waals surface area contributed by atoms with Crippen LogP contribution in [0.2, 0.25) is 0 Å². The van der Waals surface area contributed by atoms with E-state index in [1.54, 1.807) is 20.0 Å². The summed E-state index contributed by atoms with van der Waals surface area (Å²) in [5.41, 5.74) is 0.631. The van der Waals surface area contributed by atoms with E-state index in [1.165, 1.54) is 19.2 Å². The SMILES string of the molecule is CNC(=O)CCOCCOCCOCCOCCNc1nc(C)nc(Nc2ccc(C(=O)O)cc2OC)n1. The van der Waals surface area contributed by atoms with Gasteiger partial charge in [-0.3, -0.25) is 4.79 Å². The van der Waals surface area contributed by atoms with E-state index in [2.05, 4.69) is 30.9 Å². The number of aromatic carboxylic acids is 1. The molecule has 210 valence electrons. The summed E-state index contributed by atoms with van der Waals surface area (Å²) in [6.45, 7) is 5.64. The van der Waals surface area contributed by atoms with Gasteiger partial charge < -0.3 is 44.7 Å². The minimum Gasteiger partial charge on any atom is -0.495 e. The van der Waals surface area contributed by atoms with Crippen LogP contribution in [-0.4, -0.2) is 105 Å². The molecule has 2 aromatic rings. The molecule has 0 aliphatic rings. The van der Waals surface area contributed by atoms with Gasteiger partial charge in [0, 0.05) is 20.0 Å². The second-order valence-electron chi connectivity index (χ2n) is 7.67. The third-order valence-corrected chi connectivity index (χ3v) is 4.84. The molecule has 1 heterocycles. The Morgan fingerprint density at radius 3 is 2.08 bits per heavy atom. The number of carboxylic acids is 1.